The minimum Gasteiger partial charge on any atom is -0.504 e. The monoisotopic (exact) mass is 479 g/mol. The minimum absolute atomic E-state index is 0.103. The highest BCUT2D eigenvalue weighted by molar-refractivity contribution is 8.45. The Morgan fingerprint density at radius 3 is 2.25 bits per heavy atom. The number of hydrogen-bond donors (Lipinski definition) is 2. The molecule has 0 fully saturated rings. The van der Waals surface area contributed by atoms with Gasteiger partial charge in [-0.25, -0.2) is 0 Å². The van der Waals surface area contributed by atoms with Crippen molar-refractivity contribution >= 4 is 27.9 Å². The number of phenols is 1. The third-order valence-corrected chi connectivity index (χ3v) is 5.15. The van der Waals surface area contributed by atoms with E-state index in [9.17, 15) is 29.3 Å². The van der Waals surface area contributed by atoms with E-state index in [1.807, 2.05) is 13.8 Å². The molecule has 0 atom stereocenters. The third-order valence-electron chi connectivity index (χ3n) is 3.99. The van der Waals surface area contributed by atoms with Crippen LogP contribution in [0.15, 0.2) is 59.0 Å². The number of amides is 1. The summed E-state index contributed by atoms with van der Waals surface area (Å²) in [5, 5.41) is 12.5. The zero-order chi connectivity index (χ0) is 24.2. The van der Waals surface area contributed by atoms with Crippen LogP contribution in [0.1, 0.15) is 19.4 Å². The SMILES string of the molecule is COc1cc(/C=C/C(=O)Nc2ccc(S(F)(F)(F)(F)F)cc2)cc(O)c1OCC=C(C)C. The predicted octanol–water partition coefficient (Wildman–Crippen LogP) is 7.06. The Hall–Kier alpha value is -3.21. The van der Waals surface area contributed by atoms with E-state index in [0.29, 0.717) is 5.56 Å². The summed E-state index contributed by atoms with van der Waals surface area (Å²) < 4.78 is 74.4. The van der Waals surface area contributed by atoms with E-state index in [-0.39, 0.29) is 41.7 Å². The maximum absolute atomic E-state index is 12.7. The number of nitrogens with one attached hydrogen (secondary N) is 1. The lowest BCUT2D eigenvalue weighted by Gasteiger charge is -2.40. The molecule has 32 heavy (non-hydrogen) atoms. The van der Waals surface area contributed by atoms with Gasteiger partial charge in [0.2, 0.25) is 11.7 Å². The number of benzene rings is 2. The maximum Gasteiger partial charge on any atom is 0.310 e. The highest BCUT2D eigenvalue weighted by atomic mass is 32.5. The molecule has 1 amide bonds. The average molecular weight is 479 g/mol. The van der Waals surface area contributed by atoms with Crippen LogP contribution in [-0.4, -0.2) is 24.7 Å². The summed E-state index contributed by atoms with van der Waals surface area (Å²) in [5.41, 5.74) is 1.30. The van der Waals surface area contributed by atoms with E-state index in [1.54, 1.807) is 6.08 Å². The van der Waals surface area contributed by atoms with Crippen molar-refractivity contribution in [1.82, 2.24) is 0 Å². The number of halogens is 5. The van der Waals surface area contributed by atoms with Crippen LogP contribution in [0, 0.1) is 0 Å². The van der Waals surface area contributed by atoms with Crippen LogP contribution in [0.5, 0.6) is 17.2 Å². The van der Waals surface area contributed by atoms with Crippen molar-refractivity contribution in [3.05, 3.63) is 59.7 Å². The first kappa shape index (κ1) is 25.1. The van der Waals surface area contributed by atoms with Crippen molar-refractivity contribution in [2.45, 2.75) is 18.7 Å². The summed E-state index contributed by atoms with van der Waals surface area (Å²) in [7, 11) is -8.40. The lowest BCUT2D eigenvalue weighted by Crippen LogP contribution is -2.09. The Labute approximate surface area is 181 Å². The van der Waals surface area contributed by atoms with Crippen LogP contribution in [0.4, 0.5) is 25.1 Å². The normalized spacial score (nSPS) is 13.8. The molecule has 0 spiro atoms. The highest BCUT2D eigenvalue weighted by Gasteiger charge is 2.65. The third kappa shape index (κ3) is 7.19. The largest absolute Gasteiger partial charge is 0.504 e. The van der Waals surface area contributed by atoms with Crippen molar-refractivity contribution in [1.29, 1.82) is 0 Å². The van der Waals surface area contributed by atoms with Crippen LogP contribution in [0.2, 0.25) is 0 Å². The topological polar surface area (TPSA) is 67.8 Å². The van der Waals surface area contributed by atoms with Crippen LogP contribution in [0.25, 0.3) is 6.08 Å². The molecule has 2 rings (SSSR count). The molecule has 5 nitrogen and oxygen atoms in total. The number of methoxy groups -OCH3 is 1. The summed E-state index contributed by atoms with van der Waals surface area (Å²) in [6, 6.07) is 4.70. The van der Waals surface area contributed by atoms with Crippen LogP contribution >= 0.6 is 10.2 Å². The van der Waals surface area contributed by atoms with Gasteiger partial charge in [-0.05, 0) is 68.0 Å². The number of ether oxygens (including phenoxy) is 2. The molecule has 2 aromatic rings. The fourth-order valence-corrected chi connectivity index (χ4v) is 3.09. The predicted molar refractivity (Wildman–Crippen MR) is 115 cm³/mol. The molecule has 0 heterocycles. The number of phenolic OH excluding ortho intramolecular Hbond substituents is 1. The number of carbonyl (C=O) groups is 1. The van der Waals surface area contributed by atoms with Gasteiger partial charge in [0.25, 0.3) is 0 Å². The zero-order valence-corrected chi connectivity index (χ0v) is 18.2. The molecule has 0 aliphatic rings. The Bertz CT molecular complexity index is 1060. The Kier molecular flexibility index (Phi) is 6.56. The quantitative estimate of drug-likeness (QED) is 0.242. The van der Waals surface area contributed by atoms with Gasteiger partial charge < -0.3 is 19.9 Å². The van der Waals surface area contributed by atoms with Gasteiger partial charge in [-0.2, -0.15) is 0 Å². The summed E-state index contributed by atoms with van der Waals surface area (Å²) in [4.78, 5) is 9.97. The summed E-state index contributed by atoms with van der Waals surface area (Å²) in [5.74, 6) is -0.611. The lowest BCUT2D eigenvalue weighted by atomic mass is 10.1. The smallest absolute Gasteiger partial charge is 0.310 e. The Morgan fingerprint density at radius 1 is 1.09 bits per heavy atom. The molecule has 0 aliphatic carbocycles. The Balaban J connectivity index is 2.12. The van der Waals surface area contributed by atoms with Crippen LogP contribution in [-0.2, 0) is 4.79 Å². The molecule has 0 saturated carbocycles. The zero-order valence-electron chi connectivity index (χ0n) is 17.4. The number of carbonyl (C=O) groups excluding carboxylic acids is 1. The standard InChI is InChI=1S/C21H22F5NO4S/c1-14(2)10-11-31-21-18(28)12-15(13-19(21)30-3)4-9-20(29)27-16-5-7-17(8-6-16)32(22,23,24,25)26/h4-10,12-13,28H,11H2,1-3H3,(H,27,29)/b9-4+. The molecule has 0 saturated heterocycles. The average Bonchev–Trinajstić information content (AvgIpc) is 2.66. The summed E-state index contributed by atoms with van der Waals surface area (Å²) in [6.45, 7) is 3.99. The van der Waals surface area contributed by atoms with Gasteiger partial charge in [-0.1, -0.05) is 25.0 Å². The van der Waals surface area contributed by atoms with E-state index in [1.165, 1.54) is 25.3 Å². The molecule has 0 radical (unpaired) electrons. The first-order chi connectivity index (χ1) is 14.6. The Morgan fingerprint density at radius 2 is 1.72 bits per heavy atom. The number of hydrogen-bond acceptors (Lipinski definition) is 4. The molecule has 11 heteroatoms. The minimum atomic E-state index is -9.77. The fourth-order valence-electron chi connectivity index (χ4n) is 2.44. The molecule has 2 aromatic carbocycles. The van der Waals surface area contributed by atoms with Gasteiger partial charge in [0.05, 0.1) is 7.11 Å². The van der Waals surface area contributed by atoms with Crippen LogP contribution < -0.4 is 14.8 Å². The molecule has 176 valence electrons. The van der Waals surface area contributed by atoms with E-state index in [4.69, 9.17) is 9.47 Å². The summed E-state index contributed by atoms with van der Waals surface area (Å²) >= 11 is 0. The number of anilines is 1. The highest BCUT2D eigenvalue weighted by Crippen LogP contribution is 3.02. The second kappa shape index (κ2) is 8.38. The van der Waals surface area contributed by atoms with Gasteiger partial charge in [-0.15, -0.1) is 0 Å². The van der Waals surface area contributed by atoms with Crippen molar-refractivity contribution in [3.8, 4) is 17.2 Å². The first-order valence-corrected chi connectivity index (χ1v) is 11.0. The van der Waals surface area contributed by atoms with Gasteiger partial charge in [0.1, 0.15) is 11.5 Å². The van der Waals surface area contributed by atoms with Gasteiger partial charge in [0.15, 0.2) is 11.5 Å². The van der Waals surface area contributed by atoms with Crippen molar-refractivity contribution in [3.63, 3.8) is 0 Å². The first-order valence-electron chi connectivity index (χ1n) is 9.09. The molecular weight excluding hydrogens is 457 g/mol. The van der Waals surface area contributed by atoms with E-state index in [0.717, 1.165) is 23.8 Å². The van der Waals surface area contributed by atoms with Gasteiger partial charge in [-0.3, -0.25) is 4.79 Å². The van der Waals surface area contributed by atoms with Crippen molar-refractivity contribution in [2.75, 3.05) is 19.0 Å². The number of allylic oxidation sites excluding steroid dienone is 1. The molecule has 0 aromatic heterocycles. The van der Waals surface area contributed by atoms with E-state index in [2.05, 4.69) is 5.32 Å². The molecular formula is C21H22F5NO4S. The lowest BCUT2D eigenvalue weighted by molar-refractivity contribution is -0.111. The number of aromatic hydroxyl groups is 1. The van der Waals surface area contributed by atoms with Gasteiger partial charge >= 0.3 is 10.2 Å². The van der Waals surface area contributed by atoms with Crippen LogP contribution in [0.3, 0.4) is 0 Å². The molecule has 0 aliphatic heterocycles. The molecule has 0 unspecified atom stereocenters. The molecule has 2 N–H and O–H groups in total. The second-order valence-electron chi connectivity index (χ2n) is 6.98. The summed E-state index contributed by atoms with van der Waals surface area (Å²) in [6.07, 6.45) is 4.18. The second-order valence-corrected chi connectivity index (χ2v) is 9.39. The van der Waals surface area contributed by atoms with Crippen molar-refractivity contribution < 1.29 is 38.8 Å². The maximum atomic E-state index is 12.7. The van der Waals surface area contributed by atoms with E-state index >= 15 is 0 Å². The van der Waals surface area contributed by atoms with Gasteiger partial charge in [0, 0.05) is 11.8 Å². The van der Waals surface area contributed by atoms with E-state index < -0.39 is 21.0 Å². The van der Waals surface area contributed by atoms with Crippen molar-refractivity contribution in [2.24, 2.45) is 0 Å². The fraction of sp³-hybridized carbons (Fsp3) is 0.190. The molecule has 0 bridgehead atoms. The number of rotatable bonds is 8.